The molecule has 2 heterocycles. The topological polar surface area (TPSA) is 81.2 Å². The van der Waals surface area contributed by atoms with Crippen molar-refractivity contribution in [3.63, 3.8) is 0 Å². The van der Waals surface area contributed by atoms with Gasteiger partial charge in [-0.15, -0.1) is 0 Å². The molecule has 0 aliphatic heterocycles. The predicted octanol–water partition coefficient (Wildman–Crippen LogP) is 0.349. The Labute approximate surface area is 109 Å². The summed E-state index contributed by atoms with van der Waals surface area (Å²) in [5.41, 5.74) is 0.620. The van der Waals surface area contributed by atoms with E-state index >= 15 is 0 Å². The molecule has 0 aliphatic carbocycles. The number of aryl methyl sites for hydroxylation is 2. The molecular weight excluding hydrogens is 248 g/mol. The van der Waals surface area contributed by atoms with Crippen LogP contribution in [0.15, 0.2) is 27.5 Å². The molecule has 0 aromatic carbocycles. The minimum Gasteiger partial charge on any atom is -0.361 e. The molecule has 0 unspecified atom stereocenters. The van der Waals surface area contributed by atoms with Crippen LogP contribution in [0.2, 0.25) is 0 Å². The van der Waals surface area contributed by atoms with Gasteiger partial charge in [-0.05, 0) is 13.0 Å². The molecule has 19 heavy (non-hydrogen) atoms. The van der Waals surface area contributed by atoms with Gasteiger partial charge in [0.1, 0.15) is 17.1 Å². The van der Waals surface area contributed by atoms with Crippen LogP contribution >= 0.6 is 0 Å². The Balaban J connectivity index is 2.14. The van der Waals surface area contributed by atoms with Crippen molar-refractivity contribution in [2.24, 2.45) is 7.05 Å². The quantitative estimate of drug-likeness (QED) is 0.797. The molecule has 7 nitrogen and oxygen atoms in total. The lowest BCUT2D eigenvalue weighted by molar-refractivity contribution is 0.0773. The monoisotopic (exact) mass is 262 g/mol. The van der Waals surface area contributed by atoms with Gasteiger partial charge in [0.15, 0.2) is 0 Å². The van der Waals surface area contributed by atoms with Gasteiger partial charge in [-0.2, -0.15) is 5.10 Å². The van der Waals surface area contributed by atoms with E-state index in [-0.39, 0.29) is 17.2 Å². The van der Waals surface area contributed by atoms with E-state index in [1.54, 1.807) is 20.0 Å². The van der Waals surface area contributed by atoms with Gasteiger partial charge in [-0.3, -0.25) is 9.59 Å². The van der Waals surface area contributed by atoms with E-state index in [1.165, 1.54) is 24.1 Å². The van der Waals surface area contributed by atoms with Gasteiger partial charge < -0.3 is 9.42 Å². The maximum atomic E-state index is 12.1. The maximum absolute atomic E-state index is 12.1. The summed E-state index contributed by atoms with van der Waals surface area (Å²) in [5.74, 6) is 0.410. The van der Waals surface area contributed by atoms with E-state index < -0.39 is 0 Å². The number of hydrogen-bond acceptors (Lipinski definition) is 5. The number of aromatic nitrogens is 3. The summed E-state index contributed by atoms with van der Waals surface area (Å²) in [6.07, 6.45) is 0. The summed E-state index contributed by atoms with van der Waals surface area (Å²) < 4.78 is 6.06. The lowest BCUT2D eigenvalue weighted by atomic mass is 10.3. The Kier molecular flexibility index (Phi) is 3.46. The fraction of sp³-hybridized carbons (Fsp3) is 0.333. The molecule has 0 saturated heterocycles. The van der Waals surface area contributed by atoms with E-state index in [0.717, 1.165) is 4.68 Å². The van der Waals surface area contributed by atoms with Gasteiger partial charge in [0.2, 0.25) is 0 Å². The van der Waals surface area contributed by atoms with Crippen LogP contribution in [0.3, 0.4) is 0 Å². The van der Waals surface area contributed by atoms with Crippen molar-refractivity contribution in [1.82, 2.24) is 19.8 Å². The van der Waals surface area contributed by atoms with Crippen molar-refractivity contribution in [2.75, 3.05) is 7.05 Å². The molecule has 100 valence electrons. The first-order valence-corrected chi connectivity index (χ1v) is 5.69. The Bertz CT molecular complexity index is 659. The first-order chi connectivity index (χ1) is 8.97. The highest BCUT2D eigenvalue weighted by atomic mass is 16.5. The molecule has 0 N–H and O–H groups in total. The molecule has 0 aliphatic rings. The van der Waals surface area contributed by atoms with E-state index in [4.69, 9.17) is 4.52 Å². The van der Waals surface area contributed by atoms with Crippen LogP contribution in [-0.2, 0) is 13.6 Å². The van der Waals surface area contributed by atoms with Crippen LogP contribution in [0.1, 0.15) is 21.9 Å². The third-order valence-corrected chi connectivity index (χ3v) is 2.60. The second-order valence-electron chi connectivity index (χ2n) is 4.27. The minimum absolute atomic E-state index is 0.213. The number of amides is 1. The highest BCUT2D eigenvalue weighted by Gasteiger charge is 2.15. The number of carbonyl (C=O) groups is 1. The number of carbonyl (C=O) groups excluding carboxylic acids is 1. The van der Waals surface area contributed by atoms with E-state index in [9.17, 15) is 9.59 Å². The maximum Gasteiger partial charge on any atom is 0.274 e. The van der Waals surface area contributed by atoms with Gasteiger partial charge in [-0.25, -0.2) is 4.68 Å². The number of rotatable bonds is 3. The Hall–Kier alpha value is -2.44. The zero-order valence-electron chi connectivity index (χ0n) is 11.0. The number of hydrogen-bond donors (Lipinski definition) is 0. The van der Waals surface area contributed by atoms with Crippen molar-refractivity contribution in [3.05, 3.63) is 45.7 Å². The Morgan fingerprint density at radius 2 is 2.21 bits per heavy atom. The SMILES string of the molecule is Cc1cc(CN(C)C(=O)c2ccc(=O)n(C)n2)no1. The van der Waals surface area contributed by atoms with Gasteiger partial charge in [-0.1, -0.05) is 5.16 Å². The molecule has 0 bridgehead atoms. The van der Waals surface area contributed by atoms with Crippen LogP contribution < -0.4 is 5.56 Å². The average Bonchev–Trinajstić information content (AvgIpc) is 2.77. The summed E-state index contributed by atoms with van der Waals surface area (Å²) in [4.78, 5) is 24.8. The van der Waals surface area contributed by atoms with Crippen molar-refractivity contribution in [2.45, 2.75) is 13.5 Å². The summed E-state index contributed by atoms with van der Waals surface area (Å²) in [6.45, 7) is 2.10. The first kappa shape index (κ1) is 13.0. The first-order valence-electron chi connectivity index (χ1n) is 5.69. The molecule has 0 saturated carbocycles. The fourth-order valence-corrected chi connectivity index (χ4v) is 1.62. The molecule has 0 atom stereocenters. The van der Waals surface area contributed by atoms with Crippen molar-refractivity contribution < 1.29 is 9.32 Å². The average molecular weight is 262 g/mol. The third kappa shape index (κ3) is 2.87. The van der Waals surface area contributed by atoms with Gasteiger partial charge in [0, 0.05) is 26.2 Å². The molecule has 7 heteroatoms. The van der Waals surface area contributed by atoms with Crippen molar-refractivity contribution in [1.29, 1.82) is 0 Å². The smallest absolute Gasteiger partial charge is 0.274 e. The third-order valence-electron chi connectivity index (χ3n) is 2.60. The number of nitrogens with zero attached hydrogens (tertiary/aromatic N) is 4. The molecule has 2 rings (SSSR count). The highest BCUT2D eigenvalue weighted by Crippen LogP contribution is 2.06. The van der Waals surface area contributed by atoms with Crippen LogP contribution in [0, 0.1) is 6.92 Å². The van der Waals surface area contributed by atoms with Gasteiger partial charge in [0.25, 0.3) is 11.5 Å². The second-order valence-corrected chi connectivity index (χ2v) is 4.27. The molecular formula is C12H14N4O3. The zero-order chi connectivity index (χ0) is 14.0. The van der Waals surface area contributed by atoms with Crippen molar-refractivity contribution >= 4 is 5.91 Å². The van der Waals surface area contributed by atoms with Crippen LogP contribution in [-0.4, -0.2) is 32.8 Å². The second kappa shape index (κ2) is 5.05. The summed E-state index contributed by atoms with van der Waals surface area (Å²) in [6, 6.07) is 4.49. The summed E-state index contributed by atoms with van der Waals surface area (Å²) in [5, 5.41) is 7.73. The van der Waals surface area contributed by atoms with Crippen LogP contribution in [0.5, 0.6) is 0 Å². The van der Waals surface area contributed by atoms with E-state index in [2.05, 4.69) is 10.3 Å². The van der Waals surface area contributed by atoms with Gasteiger partial charge >= 0.3 is 0 Å². The summed E-state index contributed by atoms with van der Waals surface area (Å²) >= 11 is 0. The Morgan fingerprint density at radius 3 is 2.79 bits per heavy atom. The lowest BCUT2D eigenvalue weighted by Gasteiger charge is -2.14. The Morgan fingerprint density at radius 1 is 1.47 bits per heavy atom. The van der Waals surface area contributed by atoms with Crippen LogP contribution in [0.25, 0.3) is 0 Å². The van der Waals surface area contributed by atoms with Gasteiger partial charge in [0.05, 0.1) is 6.54 Å². The molecule has 2 aromatic rings. The standard InChI is InChI=1S/C12H14N4O3/c1-8-6-9(14-19-8)7-15(2)12(18)10-4-5-11(17)16(3)13-10/h4-6H,7H2,1-3H3. The summed E-state index contributed by atoms with van der Waals surface area (Å²) in [7, 11) is 3.14. The van der Waals surface area contributed by atoms with Crippen molar-refractivity contribution in [3.8, 4) is 0 Å². The molecule has 2 aromatic heterocycles. The highest BCUT2D eigenvalue weighted by molar-refractivity contribution is 5.91. The normalized spacial score (nSPS) is 10.5. The minimum atomic E-state index is -0.281. The molecule has 0 spiro atoms. The lowest BCUT2D eigenvalue weighted by Crippen LogP contribution is -2.30. The predicted molar refractivity (Wildman–Crippen MR) is 66.5 cm³/mol. The fourth-order valence-electron chi connectivity index (χ4n) is 1.62. The van der Waals surface area contributed by atoms with Crippen LogP contribution in [0.4, 0.5) is 0 Å². The molecule has 0 radical (unpaired) electrons. The zero-order valence-corrected chi connectivity index (χ0v) is 11.0. The largest absolute Gasteiger partial charge is 0.361 e. The molecule has 1 amide bonds. The molecule has 0 fully saturated rings. The van der Waals surface area contributed by atoms with E-state index in [1.807, 2.05) is 0 Å². The van der Waals surface area contributed by atoms with E-state index in [0.29, 0.717) is 18.0 Å².